The van der Waals surface area contributed by atoms with Crippen LogP contribution < -0.4 is 0 Å². The maximum absolute atomic E-state index is 12.6. The first-order valence-electron chi connectivity index (χ1n) is 6.03. The summed E-state index contributed by atoms with van der Waals surface area (Å²) >= 11 is 11.9. The van der Waals surface area contributed by atoms with Gasteiger partial charge in [-0.1, -0.05) is 29.3 Å². The number of hydrogen-bond donors (Lipinski definition) is 1. The van der Waals surface area contributed by atoms with Gasteiger partial charge in [-0.15, -0.1) is 0 Å². The van der Waals surface area contributed by atoms with Crippen molar-refractivity contribution >= 4 is 33.2 Å². The number of fused-ring (bicyclic) bond motifs is 1. The van der Waals surface area contributed by atoms with Gasteiger partial charge in [0.05, 0.1) is 16.1 Å². The first kappa shape index (κ1) is 13.6. The summed E-state index contributed by atoms with van der Waals surface area (Å²) in [5.74, 6) is 0.307. The smallest absolute Gasteiger partial charge is 0.246 e. The summed E-state index contributed by atoms with van der Waals surface area (Å²) in [6.07, 6.45) is 0.291. The largest absolute Gasteiger partial charge is 0.393 e. The molecule has 0 unspecified atom stereocenters. The topological polar surface area (TPSA) is 57.6 Å². The van der Waals surface area contributed by atoms with E-state index in [1.54, 1.807) is 6.07 Å². The molecule has 19 heavy (non-hydrogen) atoms. The number of hydrogen-bond acceptors (Lipinski definition) is 3. The lowest BCUT2D eigenvalue weighted by Gasteiger charge is -2.34. The lowest BCUT2D eigenvalue weighted by Crippen LogP contribution is -2.39. The van der Waals surface area contributed by atoms with Crippen molar-refractivity contribution in [1.82, 2.24) is 4.31 Å². The second-order valence-corrected chi connectivity index (χ2v) is 7.79. The zero-order valence-electron chi connectivity index (χ0n) is 9.96. The fourth-order valence-electron chi connectivity index (χ4n) is 2.88. The van der Waals surface area contributed by atoms with Crippen LogP contribution >= 0.6 is 23.2 Å². The summed E-state index contributed by atoms with van der Waals surface area (Å²) < 4.78 is 26.5. The molecule has 7 heteroatoms. The van der Waals surface area contributed by atoms with Crippen molar-refractivity contribution < 1.29 is 13.5 Å². The number of rotatable bonds is 2. The van der Waals surface area contributed by atoms with Crippen molar-refractivity contribution in [2.45, 2.75) is 17.4 Å². The minimum absolute atomic E-state index is 0.0332. The van der Waals surface area contributed by atoms with Crippen LogP contribution in [-0.4, -0.2) is 37.0 Å². The lowest BCUT2D eigenvalue weighted by molar-refractivity contribution is -0.00416. The number of aliphatic hydroxyl groups is 1. The van der Waals surface area contributed by atoms with Crippen LogP contribution in [0.25, 0.3) is 0 Å². The van der Waals surface area contributed by atoms with Crippen LogP contribution in [0.2, 0.25) is 10.0 Å². The van der Waals surface area contributed by atoms with E-state index in [4.69, 9.17) is 23.2 Å². The average molecular weight is 322 g/mol. The minimum atomic E-state index is -3.69. The molecule has 2 aliphatic rings. The molecule has 0 amide bonds. The van der Waals surface area contributed by atoms with E-state index in [2.05, 4.69) is 0 Å². The molecule has 3 atom stereocenters. The molecule has 0 bridgehead atoms. The van der Waals surface area contributed by atoms with Gasteiger partial charge < -0.3 is 5.11 Å². The highest BCUT2D eigenvalue weighted by atomic mass is 35.5. The fraction of sp³-hybridized carbons (Fsp3) is 0.500. The lowest BCUT2D eigenvalue weighted by atomic mass is 9.74. The van der Waals surface area contributed by atoms with Crippen molar-refractivity contribution in [3.05, 3.63) is 28.2 Å². The molecule has 1 saturated heterocycles. The molecule has 1 aliphatic carbocycles. The zero-order valence-corrected chi connectivity index (χ0v) is 12.3. The van der Waals surface area contributed by atoms with E-state index >= 15 is 0 Å². The highest BCUT2D eigenvalue weighted by molar-refractivity contribution is 7.89. The molecule has 0 aromatic heterocycles. The van der Waals surface area contributed by atoms with Crippen LogP contribution in [0.3, 0.4) is 0 Å². The van der Waals surface area contributed by atoms with Crippen molar-refractivity contribution in [3.8, 4) is 0 Å². The van der Waals surface area contributed by atoms with Gasteiger partial charge in [-0.2, -0.15) is 4.31 Å². The SMILES string of the molecule is O=S(=O)(c1c(Cl)cccc1Cl)N1C[C@H]2C[C@@H](O)[C@H]2C1. The fourth-order valence-corrected chi connectivity index (χ4v) is 5.51. The van der Waals surface area contributed by atoms with Crippen molar-refractivity contribution in [3.63, 3.8) is 0 Å². The molecular weight excluding hydrogens is 309 g/mol. The minimum Gasteiger partial charge on any atom is -0.393 e. The van der Waals surface area contributed by atoms with Gasteiger partial charge in [0.2, 0.25) is 10.0 Å². The molecule has 1 saturated carbocycles. The van der Waals surface area contributed by atoms with Gasteiger partial charge in [-0.05, 0) is 24.5 Å². The van der Waals surface area contributed by atoms with Gasteiger partial charge in [0.15, 0.2) is 0 Å². The Morgan fingerprint density at radius 2 is 1.84 bits per heavy atom. The second kappa shape index (κ2) is 4.60. The molecule has 1 aromatic carbocycles. The van der Waals surface area contributed by atoms with E-state index in [1.807, 2.05) is 0 Å². The molecule has 0 spiro atoms. The summed E-state index contributed by atoms with van der Waals surface area (Å²) in [5.41, 5.74) is 0. The first-order chi connectivity index (χ1) is 8.91. The highest BCUT2D eigenvalue weighted by Gasteiger charge is 2.50. The van der Waals surface area contributed by atoms with E-state index in [0.717, 1.165) is 0 Å². The Morgan fingerprint density at radius 1 is 1.21 bits per heavy atom. The maximum Gasteiger partial charge on any atom is 0.246 e. The standard InChI is InChI=1S/C12H13Cl2NO3S/c13-9-2-1-3-10(14)12(9)19(17,18)15-5-7-4-11(16)8(7)6-15/h1-3,7-8,11,16H,4-6H2/t7-,8+,11-/m1/s1. The summed E-state index contributed by atoms with van der Waals surface area (Å²) in [6.45, 7) is 0.779. The molecular formula is C12H13Cl2NO3S. The maximum atomic E-state index is 12.6. The number of benzene rings is 1. The van der Waals surface area contributed by atoms with Gasteiger partial charge in [0.1, 0.15) is 4.90 Å². The molecule has 3 rings (SSSR count). The summed E-state index contributed by atoms with van der Waals surface area (Å²) in [6, 6.07) is 4.64. The third-order valence-corrected chi connectivity index (χ3v) is 6.80. The van der Waals surface area contributed by atoms with E-state index in [9.17, 15) is 13.5 Å². The Balaban J connectivity index is 1.96. The van der Waals surface area contributed by atoms with Gasteiger partial charge in [0, 0.05) is 19.0 Å². The number of aliphatic hydroxyl groups excluding tert-OH is 1. The van der Waals surface area contributed by atoms with Crippen LogP contribution in [0, 0.1) is 11.8 Å². The van der Waals surface area contributed by atoms with Crippen LogP contribution in [-0.2, 0) is 10.0 Å². The third kappa shape index (κ3) is 2.08. The second-order valence-electron chi connectivity index (χ2n) is 5.10. The molecule has 104 valence electrons. The molecule has 4 nitrogen and oxygen atoms in total. The zero-order chi connectivity index (χ0) is 13.8. The molecule has 1 heterocycles. The normalized spacial score (nSPS) is 31.0. The number of halogens is 2. The third-order valence-electron chi connectivity index (χ3n) is 4.01. The van der Waals surface area contributed by atoms with E-state index in [1.165, 1.54) is 16.4 Å². The Labute approximate surface area is 122 Å². The van der Waals surface area contributed by atoms with Gasteiger partial charge in [0.25, 0.3) is 0 Å². The van der Waals surface area contributed by atoms with Crippen molar-refractivity contribution in [2.24, 2.45) is 11.8 Å². The summed E-state index contributed by atoms with van der Waals surface area (Å²) in [4.78, 5) is -0.0332. The van der Waals surface area contributed by atoms with Crippen LogP contribution in [0.1, 0.15) is 6.42 Å². The average Bonchev–Trinajstić information content (AvgIpc) is 2.66. The van der Waals surface area contributed by atoms with E-state index in [-0.39, 0.29) is 32.9 Å². The Hall–Kier alpha value is -0.330. The van der Waals surface area contributed by atoms with Crippen LogP contribution in [0.4, 0.5) is 0 Å². The molecule has 2 fully saturated rings. The Kier molecular flexibility index (Phi) is 3.30. The van der Waals surface area contributed by atoms with Crippen molar-refractivity contribution in [1.29, 1.82) is 0 Å². The van der Waals surface area contributed by atoms with E-state index in [0.29, 0.717) is 19.5 Å². The van der Waals surface area contributed by atoms with E-state index < -0.39 is 10.0 Å². The Bertz CT molecular complexity index is 599. The monoisotopic (exact) mass is 321 g/mol. The molecule has 1 aliphatic heterocycles. The molecule has 1 N–H and O–H groups in total. The quantitative estimate of drug-likeness (QED) is 0.906. The first-order valence-corrected chi connectivity index (χ1v) is 8.23. The predicted molar refractivity (Wildman–Crippen MR) is 72.8 cm³/mol. The Morgan fingerprint density at radius 3 is 2.37 bits per heavy atom. The molecule has 0 radical (unpaired) electrons. The van der Waals surface area contributed by atoms with Gasteiger partial charge >= 0.3 is 0 Å². The number of nitrogens with zero attached hydrogens (tertiary/aromatic N) is 1. The van der Waals surface area contributed by atoms with Gasteiger partial charge in [-0.3, -0.25) is 0 Å². The van der Waals surface area contributed by atoms with Crippen LogP contribution in [0.15, 0.2) is 23.1 Å². The van der Waals surface area contributed by atoms with Gasteiger partial charge in [-0.25, -0.2) is 8.42 Å². The molecule has 1 aromatic rings. The summed E-state index contributed by atoms with van der Waals surface area (Å²) in [5, 5.41) is 9.87. The number of sulfonamides is 1. The summed E-state index contributed by atoms with van der Waals surface area (Å²) in [7, 11) is -3.69. The van der Waals surface area contributed by atoms with Crippen LogP contribution in [0.5, 0.6) is 0 Å². The highest BCUT2D eigenvalue weighted by Crippen LogP contribution is 2.43. The van der Waals surface area contributed by atoms with Crippen molar-refractivity contribution in [2.75, 3.05) is 13.1 Å². The predicted octanol–water partition coefficient (Wildman–Crippen LogP) is 1.99.